The quantitative estimate of drug-likeness (QED) is 0.768. The van der Waals surface area contributed by atoms with Gasteiger partial charge in [0.1, 0.15) is 12.4 Å². The minimum atomic E-state index is -0.463. The van der Waals surface area contributed by atoms with Gasteiger partial charge in [0.05, 0.1) is 12.8 Å². The average Bonchev–Trinajstić information content (AvgIpc) is 2.96. The van der Waals surface area contributed by atoms with E-state index in [1.54, 1.807) is 10.9 Å². The number of carbonyl (C=O) groups excluding carboxylic acids is 1. The van der Waals surface area contributed by atoms with Crippen LogP contribution in [-0.4, -0.2) is 37.6 Å². The monoisotopic (exact) mass is 263 g/mol. The number of carbonyl (C=O) groups is 1. The van der Waals surface area contributed by atoms with E-state index in [0.29, 0.717) is 6.54 Å². The van der Waals surface area contributed by atoms with Gasteiger partial charge in [0, 0.05) is 19.4 Å². The van der Waals surface area contributed by atoms with Crippen LogP contribution in [0.3, 0.4) is 0 Å². The Labute approximate surface area is 111 Å². The number of rotatable bonds is 4. The maximum Gasteiger partial charge on any atom is 0.360 e. The predicted octanol–water partition coefficient (Wildman–Crippen LogP) is 0.970. The molecule has 19 heavy (non-hydrogen) atoms. The molecule has 0 saturated carbocycles. The van der Waals surface area contributed by atoms with E-state index >= 15 is 0 Å². The summed E-state index contributed by atoms with van der Waals surface area (Å²) in [4.78, 5) is 15.9. The summed E-state index contributed by atoms with van der Waals surface area (Å²) in [7, 11) is 3.25. The Hall–Kier alpha value is -2.18. The number of nitrogens with zero attached hydrogens (tertiary/aromatic N) is 5. The molecule has 0 aliphatic heterocycles. The molecule has 0 spiro atoms. The van der Waals surface area contributed by atoms with Crippen molar-refractivity contribution in [2.75, 3.05) is 7.11 Å². The van der Waals surface area contributed by atoms with Gasteiger partial charge in [0.25, 0.3) is 0 Å². The number of hydrogen-bond donors (Lipinski definition) is 0. The van der Waals surface area contributed by atoms with Gasteiger partial charge in [-0.15, -0.1) is 5.10 Å². The molecule has 2 aromatic heterocycles. The minimum Gasteiger partial charge on any atom is -0.464 e. The summed E-state index contributed by atoms with van der Waals surface area (Å²) >= 11 is 0. The van der Waals surface area contributed by atoms with Crippen LogP contribution in [0.5, 0.6) is 0 Å². The largest absolute Gasteiger partial charge is 0.464 e. The van der Waals surface area contributed by atoms with Crippen molar-refractivity contribution in [2.24, 2.45) is 7.05 Å². The smallest absolute Gasteiger partial charge is 0.360 e. The Morgan fingerprint density at radius 3 is 2.74 bits per heavy atom. The molecule has 0 radical (unpaired) electrons. The lowest BCUT2D eigenvalue weighted by atomic mass is 10.1. The molecule has 0 fully saturated rings. The van der Waals surface area contributed by atoms with E-state index < -0.39 is 5.97 Å². The van der Waals surface area contributed by atoms with Crippen molar-refractivity contribution in [3.8, 4) is 0 Å². The highest BCUT2D eigenvalue weighted by molar-refractivity contribution is 5.88. The molecule has 0 aliphatic carbocycles. The Balaban J connectivity index is 2.38. The number of aryl methyl sites for hydroxylation is 1. The van der Waals surface area contributed by atoms with E-state index in [0.717, 1.165) is 11.5 Å². The fraction of sp³-hybridized carbons (Fsp3) is 0.500. The van der Waals surface area contributed by atoms with Crippen LogP contribution < -0.4 is 0 Å². The Morgan fingerprint density at radius 1 is 1.47 bits per heavy atom. The highest BCUT2D eigenvalue weighted by atomic mass is 16.5. The standard InChI is InChI=1S/C12H17N5O2/c1-8(2)11-10(12(18)19-4)14-15-17(11)7-9-13-5-6-16(9)3/h5-6,8H,7H2,1-4H3. The Morgan fingerprint density at radius 2 is 2.21 bits per heavy atom. The number of aromatic nitrogens is 5. The lowest BCUT2D eigenvalue weighted by Gasteiger charge is -2.10. The van der Waals surface area contributed by atoms with E-state index in [2.05, 4.69) is 15.3 Å². The lowest BCUT2D eigenvalue weighted by molar-refractivity contribution is 0.0592. The molecule has 102 valence electrons. The van der Waals surface area contributed by atoms with Crippen LogP contribution in [-0.2, 0) is 18.3 Å². The molecule has 2 heterocycles. The van der Waals surface area contributed by atoms with Crippen LogP contribution in [0.15, 0.2) is 12.4 Å². The van der Waals surface area contributed by atoms with Gasteiger partial charge in [-0.1, -0.05) is 19.1 Å². The van der Waals surface area contributed by atoms with E-state index in [1.807, 2.05) is 31.7 Å². The fourth-order valence-corrected chi connectivity index (χ4v) is 1.93. The van der Waals surface area contributed by atoms with Crippen LogP contribution in [0.2, 0.25) is 0 Å². The van der Waals surface area contributed by atoms with Crippen molar-refractivity contribution < 1.29 is 9.53 Å². The first-order valence-corrected chi connectivity index (χ1v) is 6.02. The second-order valence-corrected chi connectivity index (χ2v) is 4.58. The van der Waals surface area contributed by atoms with Gasteiger partial charge in [-0.25, -0.2) is 14.5 Å². The maximum absolute atomic E-state index is 11.7. The van der Waals surface area contributed by atoms with Gasteiger partial charge in [-0.3, -0.25) is 0 Å². The van der Waals surface area contributed by atoms with Crippen LogP contribution in [0, 0.1) is 0 Å². The second-order valence-electron chi connectivity index (χ2n) is 4.58. The molecule has 0 atom stereocenters. The van der Waals surface area contributed by atoms with Gasteiger partial charge >= 0.3 is 5.97 Å². The molecule has 0 N–H and O–H groups in total. The summed E-state index contributed by atoms with van der Waals surface area (Å²) < 4.78 is 8.32. The average molecular weight is 263 g/mol. The van der Waals surface area contributed by atoms with E-state index in [1.165, 1.54) is 7.11 Å². The van der Waals surface area contributed by atoms with Gasteiger partial charge in [0.2, 0.25) is 0 Å². The molecule has 0 aromatic carbocycles. The number of esters is 1. The maximum atomic E-state index is 11.7. The van der Waals surface area contributed by atoms with Gasteiger partial charge in [-0.2, -0.15) is 0 Å². The Kier molecular flexibility index (Phi) is 3.64. The van der Waals surface area contributed by atoms with Crippen molar-refractivity contribution in [2.45, 2.75) is 26.3 Å². The van der Waals surface area contributed by atoms with Crippen molar-refractivity contribution in [1.82, 2.24) is 24.5 Å². The van der Waals surface area contributed by atoms with Crippen LogP contribution in [0.4, 0.5) is 0 Å². The van der Waals surface area contributed by atoms with Gasteiger partial charge in [0.15, 0.2) is 5.69 Å². The summed E-state index contributed by atoms with van der Waals surface area (Å²) in [6.45, 7) is 4.45. The zero-order chi connectivity index (χ0) is 14.0. The summed E-state index contributed by atoms with van der Waals surface area (Å²) in [5, 5.41) is 7.95. The molecule has 2 rings (SSSR count). The molecule has 0 unspecified atom stereocenters. The molecular weight excluding hydrogens is 246 g/mol. The second kappa shape index (κ2) is 5.21. The lowest BCUT2D eigenvalue weighted by Crippen LogP contribution is -2.13. The topological polar surface area (TPSA) is 74.8 Å². The van der Waals surface area contributed by atoms with E-state index in [4.69, 9.17) is 4.74 Å². The number of ether oxygens (including phenoxy) is 1. The van der Waals surface area contributed by atoms with E-state index in [9.17, 15) is 4.79 Å². The third kappa shape index (κ3) is 2.49. The first kappa shape index (κ1) is 13.3. The van der Waals surface area contributed by atoms with Crippen LogP contribution in [0.1, 0.15) is 41.8 Å². The number of methoxy groups -OCH3 is 1. The molecule has 0 bridgehead atoms. The molecule has 2 aromatic rings. The van der Waals surface area contributed by atoms with Gasteiger partial charge in [-0.05, 0) is 5.92 Å². The Bertz CT molecular complexity index is 585. The molecule has 7 nitrogen and oxygen atoms in total. The predicted molar refractivity (Wildman–Crippen MR) is 67.8 cm³/mol. The van der Waals surface area contributed by atoms with E-state index in [-0.39, 0.29) is 11.6 Å². The molecule has 0 saturated heterocycles. The SMILES string of the molecule is COC(=O)c1nnn(Cc2nccn2C)c1C(C)C. The van der Waals surface area contributed by atoms with Crippen LogP contribution >= 0.6 is 0 Å². The molecule has 0 amide bonds. The van der Waals surface area contributed by atoms with Crippen molar-refractivity contribution >= 4 is 5.97 Å². The first-order valence-electron chi connectivity index (χ1n) is 6.02. The fourth-order valence-electron chi connectivity index (χ4n) is 1.93. The summed E-state index contributed by atoms with van der Waals surface area (Å²) in [5.74, 6) is 0.502. The summed E-state index contributed by atoms with van der Waals surface area (Å²) in [6.07, 6.45) is 3.59. The minimum absolute atomic E-state index is 0.115. The summed E-state index contributed by atoms with van der Waals surface area (Å²) in [5.41, 5.74) is 1.03. The number of imidazole rings is 1. The van der Waals surface area contributed by atoms with Crippen molar-refractivity contribution in [1.29, 1.82) is 0 Å². The van der Waals surface area contributed by atoms with Crippen molar-refractivity contribution in [3.05, 3.63) is 29.6 Å². The third-order valence-corrected chi connectivity index (χ3v) is 2.91. The highest BCUT2D eigenvalue weighted by Crippen LogP contribution is 2.19. The first-order chi connectivity index (χ1) is 9.04. The molecule has 0 aliphatic rings. The van der Waals surface area contributed by atoms with Gasteiger partial charge < -0.3 is 9.30 Å². The van der Waals surface area contributed by atoms with Crippen LogP contribution in [0.25, 0.3) is 0 Å². The normalized spacial score (nSPS) is 11.0. The number of hydrogen-bond acceptors (Lipinski definition) is 5. The zero-order valence-electron chi connectivity index (χ0n) is 11.5. The van der Waals surface area contributed by atoms with Crippen molar-refractivity contribution in [3.63, 3.8) is 0 Å². The summed E-state index contributed by atoms with van der Waals surface area (Å²) in [6, 6.07) is 0. The highest BCUT2D eigenvalue weighted by Gasteiger charge is 2.23. The third-order valence-electron chi connectivity index (χ3n) is 2.91. The zero-order valence-corrected chi connectivity index (χ0v) is 11.5. The molecule has 7 heteroatoms. The molecular formula is C12H17N5O2.